The van der Waals surface area contributed by atoms with Crippen molar-refractivity contribution in [2.45, 2.75) is 0 Å². The third-order valence-corrected chi connectivity index (χ3v) is 3.33. The molecule has 0 amide bonds. The number of carboxylic acids is 1. The molecule has 104 valence electrons. The first-order valence-electron chi connectivity index (χ1n) is 5.84. The molecule has 0 bridgehead atoms. The number of nitrogens with zero attached hydrogens (tertiary/aromatic N) is 1. The number of hydrogen-bond donors (Lipinski definition) is 1. The van der Waals surface area contributed by atoms with Gasteiger partial charge in [0.15, 0.2) is 11.6 Å². The number of carboxylic acid groups (broad SMARTS) is 1. The van der Waals surface area contributed by atoms with Gasteiger partial charge in [-0.1, -0.05) is 0 Å². The van der Waals surface area contributed by atoms with E-state index in [4.69, 9.17) is 9.47 Å². The molecule has 1 N–H and O–H groups in total. The minimum Gasteiger partial charge on any atom is -0.494 e. The molecule has 1 aromatic rings. The van der Waals surface area contributed by atoms with Crippen LogP contribution >= 0.6 is 0 Å². The van der Waals surface area contributed by atoms with Crippen molar-refractivity contribution in [1.29, 1.82) is 0 Å². The molecule has 5 nitrogen and oxygen atoms in total. The number of benzene rings is 1. The van der Waals surface area contributed by atoms with Crippen LogP contribution in [0.2, 0.25) is 0 Å². The number of methoxy groups -OCH3 is 1. The van der Waals surface area contributed by atoms with Crippen molar-refractivity contribution in [3.05, 3.63) is 24.0 Å². The summed E-state index contributed by atoms with van der Waals surface area (Å²) in [6.45, 7) is 0.644. The van der Waals surface area contributed by atoms with Crippen LogP contribution in [0.25, 0.3) is 0 Å². The highest BCUT2D eigenvalue weighted by Gasteiger charge is 2.47. The predicted octanol–water partition coefficient (Wildman–Crippen LogP) is 1.37. The Morgan fingerprint density at radius 2 is 2.26 bits per heavy atom. The van der Waals surface area contributed by atoms with Gasteiger partial charge in [0.1, 0.15) is 5.41 Å². The van der Waals surface area contributed by atoms with Gasteiger partial charge in [-0.25, -0.2) is 4.39 Å². The zero-order valence-corrected chi connectivity index (χ0v) is 10.9. The second-order valence-corrected chi connectivity index (χ2v) is 4.75. The summed E-state index contributed by atoms with van der Waals surface area (Å²) in [4.78, 5) is 12.9. The van der Waals surface area contributed by atoms with Crippen LogP contribution in [0.1, 0.15) is 0 Å². The summed E-state index contributed by atoms with van der Waals surface area (Å²) in [5.74, 6) is -1.20. The van der Waals surface area contributed by atoms with Crippen molar-refractivity contribution in [3.63, 3.8) is 0 Å². The molecule has 1 heterocycles. The fourth-order valence-corrected chi connectivity index (χ4v) is 2.07. The molecule has 0 unspecified atom stereocenters. The first-order chi connectivity index (χ1) is 8.98. The highest BCUT2D eigenvalue weighted by Crippen LogP contribution is 2.31. The largest absolute Gasteiger partial charge is 0.494 e. The summed E-state index contributed by atoms with van der Waals surface area (Å²) in [5, 5.41) is 9.22. The van der Waals surface area contributed by atoms with E-state index in [1.807, 2.05) is 0 Å². The molecule has 6 heteroatoms. The molecule has 1 aliphatic heterocycles. The maximum absolute atomic E-state index is 13.6. The maximum Gasteiger partial charge on any atom is 0.316 e. The topological polar surface area (TPSA) is 59.0 Å². The summed E-state index contributed by atoms with van der Waals surface area (Å²) in [7, 11) is 3.12. The molecule has 1 saturated heterocycles. The van der Waals surface area contributed by atoms with Gasteiger partial charge >= 0.3 is 5.97 Å². The van der Waals surface area contributed by atoms with E-state index in [0.717, 1.165) is 0 Å². The number of ether oxygens (including phenoxy) is 2. The number of aliphatic carboxylic acids is 1. The second kappa shape index (κ2) is 5.05. The lowest BCUT2D eigenvalue weighted by atomic mass is 9.85. The normalized spacial score (nSPS) is 16.6. The van der Waals surface area contributed by atoms with Crippen LogP contribution in [0.15, 0.2) is 18.2 Å². The average molecular weight is 269 g/mol. The minimum atomic E-state index is -0.898. The van der Waals surface area contributed by atoms with E-state index in [1.54, 1.807) is 18.0 Å². The Balaban J connectivity index is 2.13. The summed E-state index contributed by atoms with van der Waals surface area (Å²) in [5.41, 5.74) is -0.295. The summed E-state index contributed by atoms with van der Waals surface area (Å²) in [6, 6.07) is 4.54. The number of carbonyl (C=O) groups is 1. The van der Waals surface area contributed by atoms with Gasteiger partial charge in [-0.3, -0.25) is 4.79 Å². The lowest BCUT2D eigenvalue weighted by Crippen LogP contribution is -2.55. The van der Waals surface area contributed by atoms with Crippen molar-refractivity contribution in [2.75, 3.05) is 38.8 Å². The van der Waals surface area contributed by atoms with Crippen LogP contribution in [0.5, 0.6) is 5.75 Å². The second-order valence-electron chi connectivity index (χ2n) is 4.75. The molecule has 1 aromatic carbocycles. The monoisotopic (exact) mass is 269 g/mol. The average Bonchev–Trinajstić information content (AvgIpc) is 2.32. The Kier molecular flexibility index (Phi) is 3.61. The standard InChI is InChI=1S/C13H16FNO4/c1-15(6-13(12(16)17)7-19-8-13)9-3-4-11(18-2)10(14)5-9/h3-5H,6-8H2,1-2H3,(H,16,17). The minimum absolute atomic E-state index is 0.164. The number of rotatable bonds is 5. The fourth-order valence-electron chi connectivity index (χ4n) is 2.07. The first kappa shape index (κ1) is 13.6. The van der Waals surface area contributed by atoms with Gasteiger partial charge < -0.3 is 19.5 Å². The van der Waals surface area contributed by atoms with Crippen molar-refractivity contribution in [2.24, 2.45) is 5.41 Å². The summed E-state index contributed by atoms with van der Waals surface area (Å²) in [6.07, 6.45) is 0. The van der Waals surface area contributed by atoms with Crippen LogP contribution in [0.3, 0.4) is 0 Å². The smallest absolute Gasteiger partial charge is 0.316 e. The number of halogens is 1. The number of anilines is 1. The Morgan fingerprint density at radius 1 is 1.58 bits per heavy atom. The third kappa shape index (κ3) is 2.49. The van der Waals surface area contributed by atoms with Crippen molar-refractivity contribution >= 4 is 11.7 Å². The Labute approximate surface area is 110 Å². The lowest BCUT2D eigenvalue weighted by Gasteiger charge is -2.40. The van der Waals surface area contributed by atoms with E-state index in [0.29, 0.717) is 5.69 Å². The van der Waals surface area contributed by atoms with Gasteiger partial charge in [-0.2, -0.15) is 0 Å². The van der Waals surface area contributed by atoms with E-state index in [2.05, 4.69) is 0 Å². The van der Waals surface area contributed by atoms with Gasteiger partial charge in [-0.15, -0.1) is 0 Å². The molecule has 0 atom stereocenters. The molecule has 0 radical (unpaired) electrons. The predicted molar refractivity (Wildman–Crippen MR) is 67.1 cm³/mol. The van der Waals surface area contributed by atoms with Gasteiger partial charge in [0.2, 0.25) is 0 Å². The molecule has 0 aromatic heterocycles. The summed E-state index contributed by atoms with van der Waals surface area (Å²) < 4.78 is 23.4. The molecule has 1 fully saturated rings. The quantitative estimate of drug-likeness (QED) is 0.875. The van der Waals surface area contributed by atoms with Gasteiger partial charge in [0.25, 0.3) is 0 Å². The van der Waals surface area contributed by atoms with Crippen LogP contribution in [-0.2, 0) is 9.53 Å². The van der Waals surface area contributed by atoms with Crippen molar-refractivity contribution in [3.8, 4) is 5.75 Å². The molecule has 2 rings (SSSR count). The highest BCUT2D eigenvalue weighted by molar-refractivity contribution is 5.77. The Bertz CT molecular complexity index is 488. The molecule has 0 saturated carbocycles. The van der Waals surface area contributed by atoms with Gasteiger partial charge in [-0.05, 0) is 12.1 Å². The van der Waals surface area contributed by atoms with Crippen LogP contribution in [-0.4, -0.2) is 45.0 Å². The molecular weight excluding hydrogens is 253 g/mol. The van der Waals surface area contributed by atoms with Crippen LogP contribution in [0.4, 0.5) is 10.1 Å². The van der Waals surface area contributed by atoms with E-state index >= 15 is 0 Å². The lowest BCUT2D eigenvalue weighted by molar-refractivity contribution is -0.177. The van der Waals surface area contributed by atoms with E-state index in [1.165, 1.54) is 19.2 Å². The molecule has 1 aliphatic rings. The highest BCUT2D eigenvalue weighted by atomic mass is 19.1. The van der Waals surface area contributed by atoms with Gasteiger partial charge in [0, 0.05) is 25.3 Å². The molecule has 0 aliphatic carbocycles. The SMILES string of the molecule is COc1ccc(N(C)CC2(C(=O)O)COC2)cc1F. The van der Waals surface area contributed by atoms with Crippen molar-refractivity contribution in [1.82, 2.24) is 0 Å². The van der Waals surface area contributed by atoms with E-state index in [-0.39, 0.29) is 25.5 Å². The fraction of sp³-hybridized carbons (Fsp3) is 0.462. The van der Waals surface area contributed by atoms with Gasteiger partial charge in [0.05, 0.1) is 20.3 Å². The third-order valence-electron chi connectivity index (χ3n) is 3.33. The molecular formula is C13H16FNO4. The first-order valence-corrected chi connectivity index (χ1v) is 5.84. The Morgan fingerprint density at radius 3 is 2.68 bits per heavy atom. The Hall–Kier alpha value is -1.82. The zero-order valence-electron chi connectivity index (χ0n) is 10.9. The van der Waals surface area contributed by atoms with Crippen LogP contribution < -0.4 is 9.64 Å². The molecule has 19 heavy (non-hydrogen) atoms. The maximum atomic E-state index is 13.6. The van der Waals surface area contributed by atoms with Crippen LogP contribution in [0, 0.1) is 11.2 Å². The van der Waals surface area contributed by atoms with Crippen molar-refractivity contribution < 1.29 is 23.8 Å². The molecule has 0 spiro atoms. The van der Waals surface area contributed by atoms with E-state index in [9.17, 15) is 14.3 Å². The van der Waals surface area contributed by atoms with E-state index < -0.39 is 17.2 Å². The number of hydrogen-bond acceptors (Lipinski definition) is 4. The zero-order chi connectivity index (χ0) is 14.0. The summed E-state index contributed by atoms with van der Waals surface area (Å²) >= 11 is 0.